The van der Waals surface area contributed by atoms with Gasteiger partial charge in [0.1, 0.15) is 0 Å². The van der Waals surface area contributed by atoms with Crippen molar-refractivity contribution in [2.75, 3.05) is 0 Å². The summed E-state index contributed by atoms with van der Waals surface area (Å²) in [5, 5.41) is 10.0. The molecule has 20 aromatic rings. The summed E-state index contributed by atoms with van der Waals surface area (Å²) in [5.41, 5.74) is 33.0. The molecule has 0 spiro atoms. The Hall–Kier alpha value is -12.6. The fourth-order valence-corrected chi connectivity index (χ4v) is 20.9. The Morgan fingerprint density at radius 2 is 0.579 bits per heavy atom. The third-order valence-corrected chi connectivity index (χ3v) is 26.5. The number of halogens is 3. The highest BCUT2D eigenvalue weighted by Gasteiger charge is 2.47. The van der Waals surface area contributed by atoms with Gasteiger partial charge in [-0.25, -0.2) is 0 Å². The van der Waals surface area contributed by atoms with Crippen LogP contribution in [0, 0.1) is 0 Å². The molecule has 0 radical (unpaired) electrons. The minimum Gasteiger partial charge on any atom is -0.309 e. The summed E-state index contributed by atoms with van der Waals surface area (Å²) in [4.78, 5) is 0. The average molecular weight is 1540 g/mol. The number of benzene rings is 17. The van der Waals surface area contributed by atoms with Crippen LogP contribution in [0.4, 0.5) is 0 Å². The molecule has 0 saturated heterocycles. The predicted molar refractivity (Wildman–Crippen MR) is 485 cm³/mol. The van der Waals surface area contributed by atoms with E-state index in [4.69, 9.17) is 34.8 Å². The van der Waals surface area contributed by atoms with Crippen molar-refractivity contribution in [1.82, 2.24) is 9.13 Å². The van der Waals surface area contributed by atoms with Crippen molar-refractivity contribution >= 4 is 110 Å². The molecule has 2 nitrogen and oxygen atoms in total. The van der Waals surface area contributed by atoms with Crippen LogP contribution >= 0.6 is 46.1 Å². The molecule has 0 fully saturated rings. The molecule has 114 heavy (non-hydrogen) atoms. The van der Waals surface area contributed by atoms with E-state index >= 15 is 0 Å². The Kier molecular flexibility index (Phi) is 16.7. The molecule has 3 aliphatic rings. The van der Waals surface area contributed by atoms with Crippen LogP contribution < -0.4 is 0 Å². The van der Waals surface area contributed by atoms with Crippen LogP contribution in [0.25, 0.3) is 142 Å². The van der Waals surface area contributed by atoms with E-state index in [9.17, 15) is 0 Å². The number of hydrogen-bond acceptors (Lipinski definition) is 1. The van der Waals surface area contributed by atoms with Crippen molar-refractivity contribution in [3.8, 4) is 78.1 Å². The van der Waals surface area contributed by atoms with Crippen molar-refractivity contribution in [2.45, 2.75) is 37.0 Å². The van der Waals surface area contributed by atoms with E-state index in [1.807, 2.05) is 29.5 Å². The standard InChI is InChI=1S/C38H26ClN.C37H23ClS.C33H24ClN/c1-38(27-10-4-2-5-11-27)34-21-17-25(22-33(34)30-20-18-28(39)24-35(30)38)26-16-19-32-31-14-8-9-15-36(31)40(37(32)23-26)29-12-6-3-7-13-29;38-28-17-19-34-31(23-28)30-21-24(25-16-20-36-32(22-25)29-13-7-8-14-35(29)39-36)15-18-33(30)37(34,26-9-3-1-4-10-26)27-11-5-2-6-12-27;1-33(2)29-16-13-21(18-27(29)28-20-23(34)14-17-30(28)33)22-12-15-26-25-10-6-7-11-31(25)35(32(26)19-22)24-8-4-3-5-9-24/h2-24H,1H3;1-23H;3-20H,1-2H3. The van der Waals surface area contributed by atoms with Gasteiger partial charge in [0, 0.05) is 79.0 Å². The summed E-state index contributed by atoms with van der Waals surface area (Å²) >= 11 is 21.5. The maximum absolute atomic E-state index is 6.64. The maximum atomic E-state index is 6.64. The number of hydrogen-bond donors (Lipinski definition) is 0. The van der Waals surface area contributed by atoms with Crippen molar-refractivity contribution in [1.29, 1.82) is 0 Å². The number of nitrogens with zero attached hydrogens (tertiary/aromatic N) is 2. The fraction of sp³-hybridized carbons (Fsp3) is 0.0556. The van der Waals surface area contributed by atoms with Crippen LogP contribution in [0.1, 0.15) is 70.8 Å². The number of para-hydroxylation sites is 4. The van der Waals surface area contributed by atoms with Gasteiger partial charge in [0.15, 0.2) is 0 Å². The van der Waals surface area contributed by atoms with Gasteiger partial charge in [0.2, 0.25) is 0 Å². The lowest BCUT2D eigenvalue weighted by molar-refractivity contribution is 0.660. The quantitative estimate of drug-likeness (QED) is 0.143. The minimum atomic E-state index is -0.413. The molecule has 3 heterocycles. The van der Waals surface area contributed by atoms with E-state index in [0.717, 1.165) is 15.1 Å². The Morgan fingerprint density at radius 1 is 0.228 bits per heavy atom. The molecule has 0 saturated carbocycles. The van der Waals surface area contributed by atoms with Crippen molar-refractivity contribution in [3.63, 3.8) is 0 Å². The monoisotopic (exact) mass is 1530 g/mol. The van der Waals surface area contributed by atoms with E-state index in [1.165, 1.54) is 192 Å². The van der Waals surface area contributed by atoms with Crippen LogP contribution in [0.2, 0.25) is 15.1 Å². The van der Waals surface area contributed by atoms with E-state index in [-0.39, 0.29) is 10.8 Å². The van der Waals surface area contributed by atoms with E-state index < -0.39 is 5.41 Å². The third kappa shape index (κ3) is 11.0. The molecule has 3 aliphatic carbocycles. The first-order valence-corrected chi connectivity index (χ1v) is 40.9. The van der Waals surface area contributed by atoms with E-state index in [2.05, 4.69) is 400 Å². The molecule has 0 amide bonds. The highest BCUT2D eigenvalue weighted by atomic mass is 35.5. The topological polar surface area (TPSA) is 9.86 Å². The van der Waals surface area contributed by atoms with Crippen LogP contribution in [0.3, 0.4) is 0 Å². The molecule has 0 bridgehead atoms. The normalized spacial score (nSPS) is 14.4. The average Bonchev–Trinajstić information content (AvgIpc) is 1.54. The zero-order valence-electron chi connectivity index (χ0n) is 62.9. The van der Waals surface area contributed by atoms with Gasteiger partial charge in [0.25, 0.3) is 0 Å². The number of aromatic nitrogens is 2. The molecule has 0 aliphatic heterocycles. The molecule has 17 aromatic carbocycles. The summed E-state index contributed by atoms with van der Waals surface area (Å²) in [6, 6.07) is 140. The van der Waals surface area contributed by atoms with Gasteiger partial charge in [-0.3, -0.25) is 0 Å². The Morgan fingerprint density at radius 3 is 1.12 bits per heavy atom. The smallest absolute Gasteiger partial charge is 0.0713 e. The van der Waals surface area contributed by atoms with Gasteiger partial charge in [-0.1, -0.05) is 316 Å². The molecule has 23 rings (SSSR count). The fourth-order valence-electron chi connectivity index (χ4n) is 19.3. The Balaban J connectivity index is 0.000000108. The lowest BCUT2D eigenvalue weighted by Crippen LogP contribution is -2.28. The molecule has 3 aromatic heterocycles. The highest BCUT2D eigenvalue weighted by molar-refractivity contribution is 7.25. The lowest BCUT2D eigenvalue weighted by Gasteiger charge is -2.34. The molecular weight excluding hydrogens is 1460 g/mol. The molecule has 0 N–H and O–H groups in total. The van der Waals surface area contributed by atoms with Gasteiger partial charge in [0.05, 0.1) is 27.5 Å². The van der Waals surface area contributed by atoms with Gasteiger partial charge in [-0.2, -0.15) is 0 Å². The molecule has 1 atom stereocenters. The first-order valence-electron chi connectivity index (χ1n) is 39.0. The highest BCUT2D eigenvalue weighted by Crippen LogP contribution is 2.59. The first-order chi connectivity index (χ1) is 55.9. The maximum Gasteiger partial charge on any atom is 0.0713 e. The number of thiophene rings is 1. The van der Waals surface area contributed by atoms with Crippen LogP contribution in [-0.2, 0) is 16.2 Å². The SMILES string of the molecule is CC1(C)c2ccc(Cl)cc2-c2cc(-c3ccc4c5ccccc5n(-c5ccccc5)c4c3)ccc21.CC1(c2ccccc2)c2ccc(-c3ccc4c5ccccc5n(-c5ccccc5)c4c3)cc2-c2ccc(Cl)cc21.Clc1ccc2c(c1)-c1cc(-c3ccc4sc5ccccc5c4c3)ccc1C2(c1ccccc1)c1ccccc1. The molecule has 6 heteroatoms. The lowest BCUT2D eigenvalue weighted by atomic mass is 9.67. The predicted octanol–water partition coefficient (Wildman–Crippen LogP) is 30.6. The second-order valence-corrected chi connectivity index (χ2v) is 33.5. The van der Waals surface area contributed by atoms with Crippen molar-refractivity contribution in [3.05, 3.63) is 453 Å². The summed E-state index contributed by atoms with van der Waals surface area (Å²) in [7, 11) is 0. The third-order valence-electron chi connectivity index (χ3n) is 24.6. The second-order valence-electron chi connectivity index (χ2n) is 31.1. The second kappa shape index (κ2) is 27.4. The number of fused-ring (bicyclic) bond motifs is 18. The zero-order chi connectivity index (χ0) is 76.6. The summed E-state index contributed by atoms with van der Waals surface area (Å²) < 4.78 is 7.41. The van der Waals surface area contributed by atoms with Gasteiger partial charge >= 0.3 is 0 Å². The Bertz CT molecular complexity index is 7200. The largest absolute Gasteiger partial charge is 0.309 e. The summed E-state index contributed by atoms with van der Waals surface area (Å²) in [6.45, 7) is 6.93. The van der Waals surface area contributed by atoms with Gasteiger partial charge < -0.3 is 9.13 Å². The van der Waals surface area contributed by atoms with Crippen LogP contribution in [0.5, 0.6) is 0 Å². The van der Waals surface area contributed by atoms with Crippen molar-refractivity contribution in [2.24, 2.45) is 0 Å². The minimum absolute atomic E-state index is 0.0303. The van der Waals surface area contributed by atoms with Crippen LogP contribution in [0.15, 0.2) is 388 Å². The van der Waals surface area contributed by atoms with E-state index in [0.29, 0.717) is 0 Å². The van der Waals surface area contributed by atoms with Crippen LogP contribution in [-0.4, -0.2) is 9.13 Å². The molecule has 1 unspecified atom stereocenters. The van der Waals surface area contributed by atoms with E-state index in [1.54, 1.807) is 0 Å². The van der Waals surface area contributed by atoms with Gasteiger partial charge in [-0.05, 0) is 245 Å². The first kappa shape index (κ1) is 69.4. The molecule has 542 valence electrons. The molecular formula is C108H73Cl3N2S. The summed E-state index contributed by atoms with van der Waals surface area (Å²) in [5.74, 6) is 0. The summed E-state index contributed by atoms with van der Waals surface area (Å²) in [6.07, 6.45) is 0. The number of rotatable bonds is 8. The van der Waals surface area contributed by atoms with Crippen molar-refractivity contribution < 1.29 is 0 Å². The zero-order valence-corrected chi connectivity index (χ0v) is 66.0. The van der Waals surface area contributed by atoms with Gasteiger partial charge in [-0.15, -0.1) is 11.3 Å². The Labute approximate surface area is 682 Å².